The highest BCUT2D eigenvalue weighted by atomic mass is 15.0. The highest BCUT2D eigenvalue weighted by molar-refractivity contribution is 6.27. The van der Waals surface area contributed by atoms with Crippen molar-refractivity contribution in [2.45, 2.75) is 0 Å². The van der Waals surface area contributed by atoms with Crippen LogP contribution >= 0.6 is 0 Å². The summed E-state index contributed by atoms with van der Waals surface area (Å²) in [6.45, 7) is 0. The molecule has 0 fully saturated rings. The van der Waals surface area contributed by atoms with Crippen LogP contribution in [0, 0.1) is 34.0 Å². The Bertz CT molecular complexity index is 8900. The van der Waals surface area contributed by atoms with Gasteiger partial charge in [-0.25, -0.2) is 0 Å². The molecule has 0 radical (unpaired) electrons. The number of fused-ring (bicyclic) bond motifs is 24. The molecule has 4 heterocycles. The van der Waals surface area contributed by atoms with E-state index < -0.39 is 0 Å². The van der Waals surface area contributed by atoms with Crippen LogP contribution in [-0.4, -0.2) is 18.7 Å². The summed E-state index contributed by atoms with van der Waals surface area (Å²) in [6.07, 6.45) is 3.77. The van der Waals surface area contributed by atoms with E-state index in [9.17, 15) is 15.8 Å². The SMILES string of the molecule is N#Cc1ccc2c3ccc(-c4cc5c6ccccc6c(-c6ccccc6)cc5c5ccccc45)cc3n(-c3ccccc3)c2c1.N#Cc1ccc2c3ccc(-c4cc5c6ccccc6c(-c6cccnc6)cc5c5ccccc45)cc3n(-c3ccccc3)c2c1.N#Cc1ccc2c3ccc(-c4cc5c6ccccc6ccc5c5ccccc45)cc3n(-c3ccccc3)c2c1. The topological polar surface area (TPSA) is 99.1 Å². The second-order valence-corrected chi connectivity index (χ2v) is 33.3. The van der Waals surface area contributed by atoms with E-state index in [4.69, 9.17) is 0 Å². The van der Waals surface area contributed by atoms with Crippen LogP contribution in [0.25, 0.3) is 235 Å². The fourth-order valence-corrected chi connectivity index (χ4v) is 20.4. The van der Waals surface area contributed by atoms with E-state index in [2.05, 4.69) is 407 Å². The minimum Gasteiger partial charge on any atom is -0.309 e. The molecular formula is C122H73N7. The molecule has 22 aromatic carbocycles. The molecule has 129 heavy (non-hydrogen) atoms. The molecule has 0 saturated heterocycles. The van der Waals surface area contributed by atoms with Crippen LogP contribution in [0.5, 0.6) is 0 Å². The lowest BCUT2D eigenvalue weighted by molar-refractivity contribution is 1.18. The third-order valence-electron chi connectivity index (χ3n) is 26.3. The van der Waals surface area contributed by atoms with Crippen molar-refractivity contribution < 1.29 is 0 Å². The highest BCUT2D eigenvalue weighted by Gasteiger charge is 2.24. The summed E-state index contributed by atoms with van der Waals surface area (Å²) >= 11 is 0. The molecule has 0 unspecified atom stereocenters. The van der Waals surface area contributed by atoms with Gasteiger partial charge in [0.1, 0.15) is 0 Å². The maximum Gasteiger partial charge on any atom is 0.0992 e. The van der Waals surface area contributed by atoms with Gasteiger partial charge < -0.3 is 13.7 Å². The molecule has 4 aromatic heterocycles. The number of nitriles is 3. The molecular weight excluding hydrogens is 1560 g/mol. The molecule has 0 spiro atoms. The molecule has 7 nitrogen and oxygen atoms in total. The second-order valence-electron chi connectivity index (χ2n) is 33.3. The zero-order chi connectivity index (χ0) is 85.7. The van der Waals surface area contributed by atoms with E-state index in [0.29, 0.717) is 16.7 Å². The van der Waals surface area contributed by atoms with Crippen LogP contribution in [0.15, 0.2) is 443 Å². The van der Waals surface area contributed by atoms with Crippen molar-refractivity contribution in [1.82, 2.24) is 18.7 Å². The van der Waals surface area contributed by atoms with Gasteiger partial charge in [-0.1, -0.05) is 303 Å². The van der Waals surface area contributed by atoms with Crippen LogP contribution in [0.1, 0.15) is 16.7 Å². The summed E-state index contributed by atoms with van der Waals surface area (Å²) in [5.74, 6) is 0. The Morgan fingerprint density at radius 3 is 0.752 bits per heavy atom. The van der Waals surface area contributed by atoms with Gasteiger partial charge in [-0.05, 0) is 274 Å². The van der Waals surface area contributed by atoms with Gasteiger partial charge in [0, 0.05) is 67.3 Å². The van der Waals surface area contributed by atoms with Crippen molar-refractivity contribution in [1.29, 1.82) is 15.8 Å². The standard InChI is InChI=1S/C43H26N2.C42H25N3.C37H22N2/c44-27-28-19-21-36-37-22-20-30(24-43(37)45(42(36)23-28)31-13-5-2-6-14-31)39-26-41-34-17-9-7-15-32(34)38(29-11-3-1-4-12-29)25-40(41)35-18-10-8-16-33(35)39;43-25-27-16-18-35-36-19-17-28(22-42(36)45(41(35)21-27)30-10-2-1-3-11-30)37-23-39-34-15-7-5-13-32(34)38(29-9-8-20-44-26-29)24-40(39)33-14-6-4-12-31(33)37;38-23-24-14-17-32-33-19-16-26(21-37(33)39(36(32)20-24)27-9-2-1-3-10-27)34-22-35-28-11-5-4-8-25(28)15-18-31(35)29-12-6-7-13-30(29)34/h1-26H;1-24,26H;1-22H. The average molecular weight is 1640 g/mol. The number of hydrogen-bond donors (Lipinski definition) is 0. The number of benzene rings is 22. The molecule has 0 bridgehead atoms. The average Bonchev–Trinajstić information content (AvgIpc) is 1.71. The second kappa shape index (κ2) is 30.9. The van der Waals surface area contributed by atoms with Gasteiger partial charge in [0.05, 0.1) is 68.0 Å². The predicted octanol–water partition coefficient (Wildman–Crippen LogP) is 32.1. The Balaban J connectivity index is 0.000000108. The van der Waals surface area contributed by atoms with Crippen molar-refractivity contribution >= 4 is 162 Å². The highest BCUT2D eigenvalue weighted by Crippen LogP contribution is 2.48. The van der Waals surface area contributed by atoms with Gasteiger partial charge in [-0.3, -0.25) is 4.98 Å². The van der Waals surface area contributed by atoms with Crippen molar-refractivity contribution in [3.05, 3.63) is 460 Å². The first kappa shape index (κ1) is 75.0. The smallest absolute Gasteiger partial charge is 0.0992 e. The number of aromatic nitrogens is 4. The van der Waals surface area contributed by atoms with Gasteiger partial charge in [0.15, 0.2) is 0 Å². The van der Waals surface area contributed by atoms with E-state index in [1.807, 2.05) is 73.1 Å². The zero-order valence-corrected chi connectivity index (χ0v) is 69.8. The minimum absolute atomic E-state index is 0.653. The van der Waals surface area contributed by atoms with Gasteiger partial charge in [0.25, 0.3) is 0 Å². The van der Waals surface area contributed by atoms with E-state index in [1.165, 1.54) is 152 Å². The molecule has 26 aromatic rings. The normalized spacial score (nSPS) is 11.5. The number of nitrogens with zero attached hydrogens (tertiary/aromatic N) is 7. The largest absolute Gasteiger partial charge is 0.309 e. The summed E-state index contributed by atoms with van der Waals surface area (Å²) in [5.41, 5.74) is 23.6. The van der Waals surface area contributed by atoms with Gasteiger partial charge in [-0.2, -0.15) is 15.8 Å². The summed E-state index contributed by atoms with van der Waals surface area (Å²) in [6, 6.07) is 160. The van der Waals surface area contributed by atoms with Crippen LogP contribution in [0.2, 0.25) is 0 Å². The van der Waals surface area contributed by atoms with Crippen molar-refractivity contribution in [3.8, 4) is 90.9 Å². The fraction of sp³-hybridized carbons (Fsp3) is 0. The summed E-state index contributed by atoms with van der Waals surface area (Å²) in [5, 5.41) is 58.4. The van der Waals surface area contributed by atoms with Crippen molar-refractivity contribution in [2.24, 2.45) is 0 Å². The molecule has 26 rings (SSSR count). The molecule has 0 N–H and O–H groups in total. The number of pyridine rings is 1. The minimum atomic E-state index is 0.653. The lowest BCUT2D eigenvalue weighted by atomic mass is 9.87. The van der Waals surface area contributed by atoms with E-state index in [1.54, 1.807) is 0 Å². The lowest BCUT2D eigenvalue weighted by Gasteiger charge is -2.16. The quantitative estimate of drug-likeness (QED) is 0.142. The molecule has 0 atom stereocenters. The van der Waals surface area contributed by atoms with E-state index in [0.717, 1.165) is 83.0 Å². The monoisotopic (exact) mass is 1640 g/mol. The molecule has 0 aliphatic carbocycles. The molecule has 0 aliphatic heterocycles. The Kier molecular flexibility index (Phi) is 18.0. The Morgan fingerprint density at radius 1 is 0.171 bits per heavy atom. The number of rotatable bonds is 8. The van der Waals surface area contributed by atoms with Gasteiger partial charge >= 0.3 is 0 Å². The molecule has 596 valence electrons. The lowest BCUT2D eigenvalue weighted by Crippen LogP contribution is -1.94. The van der Waals surface area contributed by atoms with Crippen LogP contribution < -0.4 is 0 Å². The van der Waals surface area contributed by atoms with Crippen LogP contribution in [0.4, 0.5) is 0 Å². The maximum atomic E-state index is 9.71. The van der Waals surface area contributed by atoms with E-state index in [-0.39, 0.29) is 0 Å². The van der Waals surface area contributed by atoms with Gasteiger partial charge in [-0.15, -0.1) is 0 Å². The molecule has 0 aliphatic rings. The number of hydrogen-bond acceptors (Lipinski definition) is 4. The first-order valence-corrected chi connectivity index (χ1v) is 43.5. The summed E-state index contributed by atoms with van der Waals surface area (Å²) < 4.78 is 6.86. The molecule has 7 heteroatoms. The Morgan fingerprint density at radius 2 is 0.419 bits per heavy atom. The van der Waals surface area contributed by atoms with Gasteiger partial charge in [0.2, 0.25) is 0 Å². The summed E-state index contributed by atoms with van der Waals surface area (Å²) in [4.78, 5) is 4.43. The first-order valence-electron chi connectivity index (χ1n) is 43.5. The van der Waals surface area contributed by atoms with E-state index >= 15 is 0 Å². The third kappa shape index (κ3) is 12.5. The fourth-order valence-electron chi connectivity index (χ4n) is 20.4. The Labute approximate surface area is 742 Å². The third-order valence-corrected chi connectivity index (χ3v) is 26.3. The predicted molar refractivity (Wildman–Crippen MR) is 539 cm³/mol. The summed E-state index contributed by atoms with van der Waals surface area (Å²) in [7, 11) is 0. The zero-order valence-electron chi connectivity index (χ0n) is 69.8. The molecule has 0 saturated carbocycles. The first-order chi connectivity index (χ1) is 63.9. The maximum absolute atomic E-state index is 9.71. The van der Waals surface area contributed by atoms with Crippen molar-refractivity contribution in [3.63, 3.8) is 0 Å². The Hall–Kier alpha value is -17.8. The van der Waals surface area contributed by atoms with Crippen molar-refractivity contribution in [2.75, 3.05) is 0 Å². The molecule has 0 amide bonds. The van der Waals surface area contributed by atoms with Crippen LogP contribution in [-0.2, 0) is 0 Å². The van der Waals surface area contributed by atoms with Crippen LogP contribution in [0.3, 0.4) is 0 Å². The number of para-hydroxylation sites is 3.